The maximum absolute atomic E-state index is 13.4. The summed E-state index contributed by atoms with van der Waals surface area (Å²) in [5.41, 5.74) is 3.69. The van der Waals surface area contributed by atoms with Gasteiger partial charge in [0.25, 0.3) is 17.8 Å². The molecule has 1 heterocycles. The highest BCUT2D eigenvalue weighted by molar-refractivity contribution is 6.37. The van der Waals surface area contributed by atoms with Crippen LogP contribution in [0.2, 0.25) is 10.0 Å². The molecular weight excluding hydrogens is 523 g/mol. The van der Waals surface area contributed by atoms with Crippen LogP contribution in [-0.2, 0) is 16.8 Å². The largest absolute Gasteiger partial charge is 0.304 e. The van der Waals surface area contributed by atoms with Crippen molar-refractivity contribution in [2.45, 2.75) is 32.7 Å². The molecule has 0 saturated heterocycles. The summed E-state index contributed by atoms with van der Waals surface area (Å²) in [6.45, 7) is 6.69. The van der Waals surface area contributed by atoms with Crippen LogP contribution < -0.4 is 10.2 Å². The SMILES string of the molecule is CC(C)(C)c1ccc(N(Cc2ccc(C(=O)Nc3nn[nH]n3)cc2)C(=O)/C=C/c2c(Cl)cccc2Cl)cc1. The van der Waals surface area contributed by atoms with Crippen LogP contribution in [0.3, 0.4) is 0 Å². The van der Waals surface area contributed by atoms with Gasteiger partial charge in [0, 0.05) is 32.9 Å². The van der Waals surface area contributed by atoms with Crippen molar-refractivity contribution < 1.29 is 9.59 Å². The van der Waals surface area contributed by atoms with Crippen molar-refractivity contribution in [3.63, 3.8) is 0 Å². The molecule has 8 nitrogen and oxygen atoms in total. The molecule has 38 heavy (non-hydrogen) atoms. The van der Waals surface area contributed by atoms with E-state index in [9.17, 15) is 9.59 Å². The fraction of sp³-hybridized carbons (Fsp3) is 0.179. The van der Waals surface area contributed by atoms with E-state index in [2.05, 4.69) is 46.7 Å². The van der Waals surface area contributed by atoms with Gasteiger partial charge in [-0.25, -0.2) is 0 Å². The van der Waals surface area contributed by atoms with Gasteiger partial charge in [0.2, 0.25) is 0 Å². The Hall–Kier alpha value is -4.01. The Kier molecular flexibility index (Phi) is 8.24. The van der Waals surface area contributed by atoms with Gasteiger partial charge in [0.1, 0.15) is 0 Å². The van der Waals surface area contributed by atoms with Crippen LogP contribution in [0.4, 0.5) is 11.6 Å². The molecule has 0 aliphatic rings. The summed E-state index contributed by atoms with van der Waals surface area (Å²) in [6.07, 6.45) is 3.08. The molecule has 3 aromatic carbocycles. The zero-order valence-electron chi connectivity index (χ0n) is 21.1. The minimum absolute atomic E-state index is 0.0218. The van der Waals surface area contributed by atoms with E-state index in [-0.39, 0.29) is 29.7 Å². The van der Waals surface area contributed by atoms with E-state index in [1.807, 2.05) is 24.3 Å². The van der Waals surface area contributed by atoms with E-state index >= 15 is 0 Å². The first kappa shape index (κ1) is 27.0. The number of carbonyl (C=O) groups excluding carboxylic acids is 2. The van der Waals surface area contributed by atoms with Crippen molar-refractivity contribution in [1.29, 1.82) is 0 Å². The fourth-order valence-electron chi connectivity index (χ4n) is 3.68. The van der Waals surface area contributed by atoms with Crippen molar-refractivity contribution in [3.8, 4) is 0 Å². The van der Waals surface area contributed by atoms with Crippen LogP contribution in [0.1, 0.15) is 47.8 Å². The third kappa shape index (κ3) is 6.65. The molecule has 2 N–H and O–H groups in total. The quantitative estimate of drug-likeness (QED) is 0.263. The number of aromatic nitrogens is 4. The normalized spacial score (nSPS) is 11.5. The van der Waals surface area contributed by atoms with Gasteiger partial charge >= 0.3 is 0 Å². The third-order valence-corrected chi connectivity index (χ3v) is 6.49. The second kappa shape index (κ2) is 11.6. The Labute approximate surface area is 230 Å². The van der Waals surface area contributed by atoms with E-state index in [0.29, 0.717) is 21.2 Å². The van der Waals surface area contributed by atoms with Crippen LogP contribution in [0.15, 0.2) is 72.8 Å². The van der Waals surface area contributed by atoms with Crippen LogP contribution in [0.25, 0.3) is 6.08 Å². The highest BCUT2D eigenvalue weighted by Crippen LogP contribution is 2.28. The number of benzene rings is 3. The first-order valence-corrected chi connectivity index (χ1v) is 12.6. The molecule has 0 aliphatic heterocycles. The van der Waals surface area contributed by atoms with Gasteiger partial charge in [0.05, 0.1) is 6.54 Å². The van der Waals surface area contributed by atoms with Gasteiger partial charge in [-0.1, -0.05) is 79.4 Å². The number of hydrogen-bond acceptors (Lipinski definition) is 5. The van der Waals surface area contributed by atoms with Gasteiger partial charge in [-0.05, 0) is 64.2 Å². The standard InChI is InChI=1S/C28H26Cl2N6O2/c1-28(2,3)20-11-13-21(14-12-20)36(25(37)16-15-22-23(29)5-4-6-24(22)30)17-18-7-9-19(10-8-18)26(38)31-27-32-34-35-33-27/h4-16H,17H2,1-3H3,(H2,31,32,33,34,35,38)/b16-15+. The molecule has 0 atom stereocenters. The molecule has 194 valence electrons. The smallest absolute Gasteiger partial charge is 0.270 e. The second-order valence-electron chi connectivity index (χ2n) is 9.58. The van der Waals surface area contributed by atoms with E-state index in [0.717, 1.165) is 16.8 Å². The minimum atomic E-state index is -0.372. The lowest BCUT2D eigenvalue weighted by Crippen LogP contribution is -2.29. The van der Waals surface area contributed by atoms with E-state index in [4.69, 9.17) is 23.2 Å². The average Bonchev–Trinajstić information content (AvgIpc) is 3.40. The number of nitrogens with one attached hydrogen (secondary N) is 2. The molecule has 0 fully saturated rings. The van der Waals surface area contributed by atoms with Crippen LogP contribution in [-0.4, -0.2) is 32.4 Å². The maximum Gasteiger partial charge on any atom is 0.270 e. The molecule has 2 amide bonds. The summed E-state index contributed by atoms with van der Waals surface area (Å²) < 4.78 is 0. The van der Waals surface area contributed by atoms with Crippen molar-refractivity contribution >= 4 is 52.7 Å². The lowest BCUT2D eigenvalue weighted by atomic mass is 9.87. The van der Waals surface area contributed by atoms with Crippen molar-refractivity contribution in [2.75, 3.05) is 10.2 Å². The van der Waals surface area contributed by atoms with E-state index in [1.54, 1.807) is 53.4 Å². The Bertz CT molecular complexity index is 1420. The number of amides is 2. The molecule has 4 aromatic rings. The minimum Gasteiger partial charge on any atom is -0.304 e. The fourth-order valence-corrected chi connectivity index (χ4v) is 4.21. The summed E-state index contributed by atoms with van der Waals surface area (Å²) in [5, 5.41) is 16.6. The second-order valence-corrected chi connectivity index (χ2v) is 10.4. The maximum atomic E-state index is 13.4. The van der Waals surface area contributed by atoms with Gasteiger partial charge in [-0.15, -0.1) is 5.10 Å². The lowest BCUT2D eigenvalue weighted by Gasteiger charge is -2.24. The van der Waals surface area contributed by atoms with Gasteiger partial charge in [-0.2, -0.15) is 5.21 Å². The highest BCUT2D eigenvalue weighted by Gasteiger charge is 2.18. The molecule has 0 spiro atoms. The summed E-state index contributed by atoms with van der Waals surface area (Å²) in [6, 6.07) is 20.0. The van der Waals surface area contributed by atoms with E-state index in [1.165, 1.54) is 6.08 Å². The molecule has 4 rings (SSSR count). The number of halogens is 2. The number of hydrogen-bond donors (Lipinski definition) is 2. The number of anilines is 2. The summed E-state index contributed by atoms with van der Waals surface area (Å²) in [4.78, 5) is 27.5. The molecule has 0 saturated carbocycles. The van der Waals surface area contributed by atoms with Crippen LogP contribution in [0, 0.1) is 0 Å². The lowest BCUT2D eigenvalue weighted by molar-refractivity contribution is -0.114. The van der Waals surface area contributed by atoms with Crippen molar-refractivity contribution in [2.24, 2.45) is 0 Å². The van der Waals surface area contributed by atoms with Gasteiger partial charge in [-0.3, -0.25) is 14.9 Å². The number of nitrogens with zero attached hydrogens (tertiary/aromatic N) is 4. The predicted octanol–water partition coefficient (Wildman–Crippen LogP) is 6.30. The van der Waals surface area contributed by atoms with Gasteiger partial charge < -0.3 is 4.90 Å². The summed E-state index contributed by atoms with van der Waals surface area (Å²) in [7, 11) is 0. The molecule has 0 bridgehead atoms. The first-order chi connectivity index (χ1) is 18.1. The summed E-state index contributed by atoms with van der Waals surface area (Å²) in [5.74, 6) is -0.536. The monoisotopic (exact) mass is 548 g/mol. The number of aromatic amines is 1. The molecule has 0 unspecified atom stereocenters. The third-order valence-electron chi connectivity index (χ3n) is 5.83. The number of carbonyl (C=O) groups is 2. The topological polar surface area (TPSA) is 104 Å². The average molecular weight is 549 g/mol. The molecule has 1 aromatic heterocycles. The van der Waals surface area contributed by atoms with Crippen LogP contribution in [0.5, 0.6) is 0 Å². The highest BCUT2D eigenvalue weighted by atomic mass is 35.5. The Morgan fingerprint density at radius 1 is 0.974 bits per heavy atom. The first-order valence-electron chi connectivity index (χ1n) is 11.8. The molecular formula is C28H26Cl2N6O2. The van der Waals surface area contributed by atoms with E-state index < -0.39 is 0 Å². The number of rotatable bonds is 7. The zero-order valence-corrected chi connectivity index (χ0v) is 22.6. The predicted molar refractivity (Wildman–Crippen MR) is 150 cm³/mol. The van der Waals surface area contributed by atoms with Gasteiger partial charge in [0.15, 0.2) is 0 Å². The number of tetrazole rings is 1. The van der Waals surface area contributed by atoms with Crippen molar-refractivity contribution in [1.82, 2.24) is 20.6 Å². The van der Waals surface area contributed by atoms with Crippen LogP contribution >= 0.6 is 23.2 Å². The number of H-pyrrole nitrogens is 1. The zero-order chi connectivity index (χ0) is 27.3. The molecule has 10 heteroatoms. The Balaban J connectivity index is 1.59. The Morgan fingerprint density at radius 2 is 1.63 bits per heavy atom. The van der Waals surface area contributed by atoms with Crippen molar-refractivity contribution in [3.05, 3.63) is 105 Å². The summed E-state index contributed by atoms with van der Waals surface area (Å²) >= 11 is 12.6. The molecule has 0 aliphatic carbocycles. The molecule has 0 radical (unpaired) electrons. The Morgan fingerprint density at radius 3 is 2.21 bits per heavy atom.